The number of aromatic nitrogens is 2. The van der Waals surface area contributed by atoms with Gasteiger partial charge in [0, 0.05) is 5.38 Å². The normalized spacial score (nSPS) is 10.8. The standard InChI is InChI=1S/C12H8N2O3S2/c1-17-6-2-3-7-9(4-6)19-11(13-7)10-14-8(5-18-10)12(15)16/h2-5H,1H3,(H,15,16). The van der Waals surface area contributed by atoms with E-state index in [1.807, 2.05) is 18.2 Å². The first-order valence-electron chi connectivity index (χ1n) is 5.31. The highest BCUT2D eigenvalue weighted by Gasteiger charge is 2.14. The zero-order chi connectivity index (χ0) is 13.4. The summed E-state index contributed by atoms with van der Waals surface area (Å²) in [6.45, 7) is 0. The van der Waals surface area contributed by atoms with Crippen LogP contribution in [-0.4, -0.2) is 28.2 Å². The summed E-state index contributed by atoms with van der Waals surface area (Å²) in [5.41, 5.74) is 0.907. The van der Waals surface area contributed by atoms with Gasteiger partial charge in [-0.25, -0.2) is 14.8 Å². The molecule has 96 valence electrons. The van der Waals surface area contributed by atoms with E-state index in [-0.39, 0.29) is 5.69 Å². The molecule has 0 aliphatic rings. The molecular weight excluding hydrogens is 284 g/mol. The van der Waals surface area contributed by atoms with Crippen molar-refractivity contribution in [1.82, 2.24) is 9.97 Å². The van der Waals surface area contributed by atoms with Crippen LogP contribution in [0.2, 0.25) is 0 Å². The fourth-order valence-electron chi connectivity index (χ4n) is 1.59. The second kappa shape index (κ2) is 4.60. The van der Waals surface area contributed by atoms with Crippen molar-refractivity contribution in [2.24, 2.45) is 0 Å². The van der Waals surface area contributed by atoms with Gasteiger partial charge in [0.25, 0.3) is 0 Å². The first-order valence-corrected chi connectivity index (χ1v) is 7.01. The van der Waals surface area contributed by atoms with E-state index >= 15 is 0 Å². The van der Waals surface area contributed by atoms with Gasteiger partial charge in [0.05, 0.1) is 17.3 Å². The molecule has 0 aliphatic heterocycles. The van der Waals surface area contributed by atoms with Crippen LogP contribution in [0.15, 0.2) is 23.6 Å². The van der Waals surface area contributed by atoms with Crippen molar-refractivity contribution < 1.29 is 14.6 Å². The predicted octanol–water partition coefficient (Wildman–Crippen LogP) is 3.13. The number of ether oxygens (including phenoxy) is 1. The molecule has 2 heterocycles. The van der Waals surface area contributed by atoms with Crippen LogP contribution in [0.3, 0.4) is 0 Å². The Labute approximate surface area is 116 Å². The number of fused-ring (bicyclic) bond motifs is 1. The topological polar surface area (TPSA) is 72.3 Å². The van der Waals surface area contributed by atoms with Gasteiger partial charge in [0.1, 0.15) is 5.75 Å². The summed E-state index contributed by atoms with van der Waals surface area (Å²) < 4.78 is 6.15. The van der Waals surface area contributed by atoms with Crippen molar-refractivity contribution in [3.8, 4) is 15.8 Å². The lowest BCUT2D eigenvalue weighted by Gasteiger charge is -1.96. The predicted molar refractivity (Wildman–Crippen MR) is 74.2 cm³/mol. The lowest BCUT2D eigenvalue weighted by atomic mass is 10.3. The zero-order valence-electron chi connectivity index (χ0n) is 9.78. The minimum atomic E-state index is -1.02. The Morgan fingerprint density at radius 1 is 1.32 bits per heavy atom. The minimum absolute atomic E-state index is 0.0526. The second-order valence-electron chi connectivity index (χ2n) is 3.70. The molecule has 19 heavy (non-hydrogen) atoms. The summed E-state index contributed by atoms with van der Waals surface area (Å²) in [5, 5.41) is 11.7. The Morgan fingerprint density at radius 2 is 2.16 bits per heavy atom. The average Bonchev–Trinajstić information content (AvgIpc) is 3.04. The van der Waals surface area contributed by atoms with Gasteiger partial charge >= 0.3 is 5.97 Å². The molecule has 2 aromatic heterocycles. The quantitative estimate of drug-likeness (QED) is 0.803. The molecule has 0 atom stereocenters. The third-order valence-electron chi connectivity index (χ3n) is 2.50. The molecule has 0 saturated heterocycles. The lowest BCUT2D eigenvalue weighted by molar-refractivity contribution is 0.0691. The molecule has 0 fully saturated rings. The molecule has 0 amide bonds. The van der Waals surface area contributed by atoms with E-state index in [1.165, 1.54) is 28.1 Å². The molecule has 0 bridgehead atoms. The van der Waals surface area contributed by atoms with Crippen molar-refractivity contribution in [1.29, 1.82) is 0 Å². The monoisotopic (exact) mass is 292 g/mol. The molecule has 5 nitrogen and oxygen atoms in total. The number of carboxylic acid groups (broad SMARTS) is 1. The van der Waals surface area contributed by atoms with Crippen LogP contribution >= 0.6 is 22.7 Å². The molecule has 0 radical (unpaired) electrons. The van der Waals surface area contributed by atoms with Crippen LogP contribution in [0, 0.1) is 0 Å². The number of hydrogen-bond acceptors (Lipinski definition) is 6. The van der Waals surface area contributed by atoms with Gasteiger partial charge in [-0.05, 0) is 18.2 Å². The third kappa shape index (κ3) is 2.18. The second-order valence-corrected chi connectivity index (χ2v) is 5.58. The van der Waals surface area contributed by atoms with Crippen LogP contribution in [0.4, 0.5) is 0 Å². The summed E-state index contributed by atoms with van der Waals surface area (Å²) in [6.07, 6.45) is 0. The lowest BCUT2D eigenvalue weighted by Crippen LogP contribution is -1.95. The molecule has 7 heteroatoms. The largest absolute Gasteiger partial charge is 0.497 e. The maximum Gasteiger partial charge on any atom is 0.355 e. The van der Waals surface area contributed by atoms with Gasteiger partial charge in [0.2, 0.25) is 0 Å². The van der Waals surface area contributed by atoms with Crippen molar-refractivity contribution in [2.45, 2.75) is 0 Å². The summed E-state index contributed by atoms with van der Waals surface area (Å²) in [7, 11) is 1.61. The number of methoxy groups -OCH3 is 1. The Morgan fingerprint density at radius 3 is 2.84 bits per heavy atom. The average molecular weight is 292 g/mol. The smallest absolute Gasteiger partial charge is 0.355 e. The van der Waals surface area contributed by atoms with E-state index in [0.717, 1.165) is 21.0 Å². The van der Waals surface area contributed by atoms with Gasteiger partial charge in [-0.1, -0.05) is 0 Å². The molecular formula is C12H8N2O3S2. The number of thiazole rings is 2. The van der Waals surface area contributed by atoms with Gasteiger partial charge < -0.3 is 9.84 Å². The molecule has 0 saturated carbocycles. The highest BCUT2D eigenvalue weighted by molar-refractivity contribution is 7.25. The van der Waals surface area contributed by atoms with E-state index < -0.39 is 5.97 Å². The zero-order valence-corrected chi connectivity index (χ0v) is 11.4. The van der Waals surface area contributed by atoms with Crippen molar-refractivity contribution >= 4 is 38.9 Å². The summed E-state index contributed by atoms with van der Waals surface area (Å²) in [4.78, 5) is 19.3. The highest BCUT2D eigenvalue weighted by atomic mass is 32.1. The number of carbonyl (C=O) groups is 1. The summed E-state index contributed by atoms with van der Waals surface area (Å²) in [5.74, 6) is -0.252. The maximum atomic E-state index is 10.8. The van der Waals surface area contributed by atoms with E-state index in [1.54, 1.807) is 7.11 Å². The number of hydrogen-bond donors (Lipinski definition) is 1. The Balaban J connectivity index is 2.06. The summed E-state index contributed by atoms with van der Waals surface area (Å²) >= 11 is 2.75. The molecule has 3 rings (SSSR count). The van der Waals surface area contributed by atoms with Gasteiger partial charge in [-0.3, -0.25) is 0 Å². The molecule has 1 N–H and O–H groups in total. The highest BCUT2D eigenvalue weighted by Crippen LogP contribution is 2.33. The maximum absolute atomic E-state index is 10.8. The van der Waals surface area contributed by atoms with E-state index in [2.05, 4.69) is 9.97 Å². The Bertz CT molecular complexity index is 763. The molecule has 0 aliphatic carbocycles. The van der Waals surface area contributed by atoms with Crippen molar-refractivity contribution in [3.05, 3.63) is 29.3 Å². The molecule has 0 unspecified atom stereocenters. The Kier molecular flexibility index (Phi) is 2.92. The van der Waals surface area contributed by atoms with Gasteiger partial charge in [0.15, 0.2) is 15.7 Å². The van der Waals surface area contributed by atoms with Gasteiger partial charge in [-0.2, -0.15) is 0 Å². The van der Waals surface area contributed by atoms with Crippen LogP contribution in [0.1, 0.15) is 10.5 Å². The van der Waals surface area contributed by atoms with E-state index in [9.17, 15) is 4.79 Å². The van der Waals surface area contributed by atoms with E-state index in [4.69, 9.17) is 9.84 Å². The number of carboxylic acids is 1. The number of nitrogens with zero attached hydrogens (tertiary/aromatic N) is 2. The van der Waals surface area contributed by atoms with Crippen LogP contribution in [0.25, 0.3) is 20.2 Å². The van der Waals surface area contributed by atoms with Crippen molar-refractivity contribution in [3.63, 3.8) is 0 Å². The van der Waals surface area contributed by atoms with Crippen LogP contribution in [-0.2, 0) is 0 Å². The van der Waals surface area contributed by atoms with Crippen LogP contribution < -0.4 is 4.74 Å². The fourth-order valence-corrected chi connectivity index (χ4v) is 3.42. The molecule has 3 aromatic rings. The molecule has 1 aromatic carbocycles. The third-order valence-corrected chi connectivity index (χ3v) is 4.50. The van der Waals surface area contributed by atoms with E-state index in [0.29, 0.717) is 5.01 Å². The summed E-state index contributed by atoms with van der Waals surface area (Å²) in [6, 6.07) is 5.62. The number of aromatic carboxylic acids is 1. The van der Waals surface area contributed by atoms with Crippen molar-refractivity contribution in [2.75, 3.05) is 7.11 Å². The number of benzene rings is 1. The minimum Gasteiger partial charge on any atom is -0.497 e. The fraction of sp³-hybridized carbons (Fsp3) is 0.0833. The van der Waals surface area contributed by atoms with Crippen LogP contribution in [0.5, 0.6) is 5.75 Å². The Hall–Kier alpha value is -1.99. The number of rotatable bonds is 3. The first kappa shape index (κ1) is 12.1. The molecule has 0 spiro atoms. The SMILES string of the molecule is COc1ccc2nc(-c3nc(C(=O)O)cs3)sc2c1. The first-order chi connectivity index (χ1) is 9.17. The van der Waals surface area contributed by atoms with Gasteiger partial charge in [-0.15, -0.1) is 22.7 Å².